The number of ether oxygens (including phenoxy) is 1. The van der Waals surface area contributed by atoms with E-state index in [-0.39, 0.29) is 30.9 Å². The predicted molar refractivity (Wildman–Crippen MR) is 88.4 cm³/mol. The number of aliphatic hydroxyl groups excluding tert-OH is 1. The van der Waals surface area contributed by atoms with Crippen LogP contribution in [0.4, 0.5) is 0 Å². The van der Waals surface area contributed by atoms with Crippen LogP contribution in [-0.4, -0.2) is 37.5 Å². The summed E-state index contributed by atoms with van der Waals surface area (Å²) in [5, 5.41) is 15.6. The van der Waals surface area contributed by atoms with Crippen molar-refractivity contribution in [3.63, 3.8) is 0 Å². The van der Waals surface area contributed by atoms with Gasteiger partial charge >= 0.3 is 0 Å². The van der Waals surface area contributed by atoms with Gasteiger partial charge in [-0.25, -0.2) is 0 Å². The topological polar surface area (TPSA) is 53.5 Å². The van der Waals surface area contributed by atoms with Gasteiger partial charge in [-0.05, 0) is 31.5 Å². The molecule has 20 heavy (non-hydrogen) atoms. The molecule has 0 saturated carbocycles. The zero-order valence-electron chi connectivity index (χ0n) is 12.1. The second-order valence-corrected chi connectivity index (χ2v) is 4.31. The molecule has 0 aliphatic carbocycles. The Morgan fingerprint density at radius 3 is 2.55 bits per heavy atom. The number of hydrogen-bond acceptors (Lipinski definition) is 4. The molecule has 3 N–H and O–H groups in total. The Morgan fingerprint density at radius 2 is 1.90 bits per heavy atom. The molecular formula is C14H26Cl2N2O2. The van der Waals surface area contributed by atoms with Gasteiger partial charge in [0.15, 0.2) is 0 Å². The van der Waals surface area contributed by atoms with Gasteiger partial charge in [0.2, 0.25) is 0 Å². The second-order valence-electron chi connectivity index (χ2n) is 4.31. The Labute approximate surface area is 134 Å². The highest BCUT2D eigenvalue weighted by Gasteiger charge is 1.97. The van der Waals surface area contributed by atoms with Gasteiger partial charge in [-0.15, -0.1) is 24.8 Å². The smallest absolute Gasteiger partial charge is 0.119 e. The van der Waals surface area contributed by atoms with Gasteiger partial charge in [0, 0.05) is 26.2 Å². The van der Waals surface area contributed by atoms with Crippen LogP contribution in [0.1, 0.15) is 19.4 Å². The molecule has 4 nitrogen and oxygen atoms in total. The van der Waals surface area contributed by atoms with Crippen molar-refractivity contribution < 1.29 is 9.84 Å². The normalized spacial score (nSPS) is 11.2. The minimum Gasteiger partial charge on any atom is -0.494 e. The van der Waals surface area contributed by atoms with Gasteiger partial charge in [-0.3, -0.25) is 0 Å². The van der Waals surface area contributed by atoms with E-state index < -0.39 is 0 Å². The summed E-state index contributed by atoms with van der Waals surface area (Å²) in [7, 11) is 0. The van der Waals surface area contributed by atoms with E-state index in [1.165, 1.54) is 5.56 Å². The monoisotopic (exact) mass is 324 g/mol. The van der Waals surface area contributed by atoms with Gasteiger partial charge in [0.1, 0.15) is 5.75 Å². The first kappa shape index (κ1) is 21.8. The molecule has 118 valence electrons. The summed E-state index contributed by atoms with van der Waals surface area (Å²) < 4.78 is 5.45. The maximum absolute atomic E-state index is 9.07. The first-order valence-electron chi connectivity index (χ1n) is 6.53. The molecule has 1 unspecified atom stereocenters. The third kappa shape index (κ3) is 10.3. The fourth-order valence-electron chi connectivity index (χ4n) is 1.63. The Kier molecular flexibility index (Phi) is 14.7. The van der Waals surface area contributed by atoms with Crippen LogP contribution in [0.3, 0.4) is 0 Å². The van der Waals surface area contributed by atoms with Crippen LogP contribution in [0.2, 0.25) is 0 Å². The third-order valence-corrected chi connectivity index (χ3v) is 2.46. The van der Waals surface area contributed by atoms with Gasteiger partial charge < -0.3 is 20.5 Å². The molecule has 0 radical (unpaired) electrons. The number of rotatable bonds is 9. The van der Waals surface area contributed by atoms with Crippen molar-refractivity contribution in [1.29, 1.82) is 0 Å². The summed E-state index contributed by atoms with van der Waals surface area (Å²) >= 11 is 0. The van der Waals surface area contributed by atoms with E-state index in [0.717, 1.165) is 25.4 Å². The summed E-state index contributed by atoms with van der Waals surface area (Å²) in [5.74, 6) is 0.920. The van der Waals surface area contributed by atoms with Crippen LogP contribution < -0.4 is 15.4 Å². The Morgan fingerprint density at radius 1 is 1.20 bits per heavy atom. The Balaban J connectivity index is 0. The highest BCUT2D eigenvalue weighted by molar-refractivity contribution is 5.85. The summed E-state index contributed by atoms with van der Waals surface area (Å²) in [6, 6.07) is 8.11. The van der Waals surface area contributed by atoms with Gasteiger partial charge in [-0.2, -0.15) is 0 Å². The lowest BCUT2D eigenvalue weighted by Gasteiger charge is -2.09. The summed E-state index contributed by atoms with van der Waals surface area (Å²) in [6.07, 6.45) is -0.284. The average Bonchev–Trinajstić information content (AvgIpc) is 2.34. The third-order valence-electron chi connectivity index (χ3n) is 2.46. The average molecular weight is 325 g/mol. The van der Waals surface area contributed by atoms with Crippen molar-refractivity contribution in [3.05, 3.63) is 29.8 Å². The van der Waals surface area contributed by atoms with Crippen molar-refractivity contribution in [2.45, 2.75) is 26.5 Å². The van der Waals surface area contributed by atoms with E-state index in [9.17, 15) is 0 Å². The predicted octanol–water partition coefficient (Wildman–Crippen LogP) is 1.99. The Bertz CT molecular complexity index is 339. The van der Waals surface area contributed by atoms with Crippen molar-refractivity contribution in [3.8, 4) is 5.75 Å². The minimum absolute atomic E-state index is 0. The molecule has 0 bridgehead atoms. The minimum atomic E-state index is -0.284. The van der Waals surface area contributed by atoms with Crippen molar-refractivity contribution in [1.82, 2.24) is 10.6 Å². The van der Waals surface area contributed by atoms with Gasteiger partial charge in [0.25, 0.3) is 0 Å². The maximum atomic E-state index is 9.07. The highest BCUT2D eigenvalue weighted by Crippen LogP contribution is 2.12. The fraction of sp³-hybridized carbons (Fsp3) is 0.571. The van der Waals surface area contributed by atoms with Crippen LogP contribution in [-0.2, 0) is 6.54 Å². The van der Waals surface area contributed by atoms with Gasteiger partial charge in [0.05, 0.1) is 12.7 Å². The van der Waals surface area contributed by atoms with Gasteiger partial charge in [-0.1, -0.05) is 12.1 Å². The number of halogens is 2. The van der Waals surface area contributed by atoms with E-state index >= 15 is 0 Å². The molecule has 1 rings (SSSR count). The number of nitrogens with one attached hydrogen (secondary N) is 2. The molecule has 0 aromatic heterocycles. The van der Waals surface area contributed by atoms with Crippen molar-refractivity contribution >= 4 is 24.8 Å². The van der Waals surface area contributed by atoms with Crippen molar-refractivity contribution in [2.24, 2.45) is 0 Å². The van der Waals surface area contributed by atoms with Crippen LogP contribution in [0.25, 0.3) is 0 Å². The number of benzene rings is 1. The highest BCUT2D eigenvalue weighted by atomic mass is 35.5. The van der Waals surface area contributed by atoms with E-state index in [4.69, 9.17) is 9.84 Å². The molecule has 0 fully saturated rings. The molecule has 0 saturated heterocycles. The van der Waals surface area contributed by atoms with Crippen LogP contribution in [0.5, 0.6) is 5.75 Å². The molecular weight excluding hydrogens is 299 g/mol. The first-order chi connectivity index (χ1) is 8.72. The van der Waals surface area contributed by atoms with E-state index in [2.05, 4.69) is 22.8 Å². The first-order valence-corrected chi connectivity index (χ1v) is 6.53. The largest absolute Gasteiger partial charge is 0.494 e. The summed E-state index contributed by atoms with van der Waals surface area (Å²) in [5.41, 5.74) is 1.22. The zero-order valence-corrected chi connectivity index (χ0v) is 13.7. The standard InChI is InChI=1S/C14H24N2O2.2ClH/c1-3-18-14-6-4-5-13(9-14)11-16-8-7-15-10-12(2)17;;/h4-6,9,12,15-17H,3,7-8,10-11H2,1-2H3;2*1H. The number of hydrogen-bond donors (Lipinski definition) is 3. The Hall–Kier alpha value is -0.520. The number of aliphatic hydroxyl groups is 1. The van der Waals surface area contributed by atoms with E-state index in [1.807, 2.05) is 19.1 Å². The molecule has 0 spiro atoms. The molecule has 1 aromatic rings. The fourth-order valence-corrected chi connectivity index (χ4v) is 1.63. The lowest BCUT2D eigenvalue weighted by atomic mass is 10.2. The molecule has 0 heterocycles. The summed E-state index contributed by atoms with van der Waals surface area (Å²) in [6.45, 7) is 7.67. The quantitative estimate of drug-likeness (QED) is 0.608. The lowest BCUT2D eigenvalue weighted by molar-refractivity contribution is 0.191. The molecule has 0 amide bonds. The molecule has 0 aliphatic heterocycles. The lowest BCUT2D eigenvalue weighted by Crippen LogP contribution is -2.31. The zero-order chi connectivity index (χ0) is 13.2. The maximum Gasteiger partial charge on any atom is 0.119 e. The summed E-state index contributed by atoms with van der Waals surface area (Å²) in [4.78, 5) is 0. The van der Waals surface area contributed by atoms with Crippen LogP contribution in [0, 0.1) is 0 Å². The SMILES string of the molecule is CCOc1cccc(CNCCNCC(C)O)c1.Cl.Cl. The van der Waals surface area contributed by atoms with Crippen molar-refractivity contribution in [2.75, 3.05) is 26.2 Å². The molecule has 1 aromatic carbocycles. The molecule has 1 atom stereocenters. The molecule has 0 aliphatic rings. The molecule has 6 heteroatoms. The van der Waals surface area contributed by atoms with E-state index in [0.29, 0.717) is 13.2 Å². The van der Waals surface area contributed by atoms with E-state index in [1.54, 1.807) is 6.92 Å². The van der Waals surface area contributed by atoms with Crippen LogP contribution in [0.15, 0.2) is 24.3 Å². The van der Waals surface area contributed by atoms with Crippen LogP contribution >= 0.6 is 24.8 Å². The second kappa shape index (κ2) is 13.5.